The second-order valence-corrected chi connectivity index (χ2v) is 4.81. The number of nitrogens with zero attached hydrogens (tertiary/aromatic N) is 1. The molecule has 2 rings (SSSR count). The summed E-state index contributed by atoms with van der Waals surface area (Å²) >= 11 is 0.947. The summed E-state index contributed by atoms with van der Waals surface area (Å²) in [6, 6.07) is 6.73. The molecule has 1 aromatic carbocycles. The second kappa shape index (κ2) is 5.18. The first kappa shape index (κ1) is 13.8. The minimum atomic E-state index is -4.48. The molecular weight excluding hydrogens is 277 g/mol. The highest BCUT2D eigenvalue weighted by atomic mass is 32.1. The van der Waals surface area contributed by atoms with Gasteiger partial charge < -0.3 is 10.5 Å². The average Bonchev–Trinajstić information content (AvgIpc) is 2.83. The average molecular weight is 288 g/mol. The Morgan fingerprint density at radius 2 is 2.11 bits per heavy atom. The summed E-state index contributed by atoms with van der Waals surface area (Å²) in [6.07, 6.45) is -4.48. The Morgan fingerprint density at radius 1 is 1.37 bits per heavy atom. The molecule has 2 aromatic rings. The van der Waals surface area contributed by atoms with Gasteiger partial charge in [-0.25, -0.2) is 4.98 Å². The maximum atomic E-state index is 12.8. The van der Waals surface area contributed by atoms with E-state index in [0.29, 0.717) is 11.3 Å². The Hall–Kier alpha value is -1.60. The van der Waals surface area contributed by atoms with Crippen molar-refractivity contribution in [3.63, 3.8) is 0 Å². The predicted octanol–water partition coefficient (Wildman–Crippen LogP) is 3.30. The largest absolute Gasteiger partial charge is 0.497 e. The van der Waals surface area contributed by atoms with Crippen LogP contribution in [0, 0.1) is 0 Å². The van der Waals surface area contributed by atoms with Crippen LogP contribution in [0.2, 0.25) is 0 Å². The van der Waals surface area contributed by atoms with Crippen molar-refractivity contribution in [1.82, 2.24) is 4.98 Å². The summed E-state index contributed by atoms with van der Waals surface area (Å²) in [7, 11) is 1.49. The molecule has 3 nitrogen and oxygen atoms in total. The summed E-state index contributed by atoms with van der Waals surface area (Å²) in [5.74, 6) is 0.565. The van der Waals surface area contributed by atoms with E-state index < -0.39 is 11.9 Å². The molecule has 0 unspecified atom stereocenters. The molecule has 0 saturated carbocycles. The van der Waals surface area contributed by atoms with Crippen molar-refractivity contribution in [3.05, 3.63) is 34.8 Å². The third-order valence-electron chi connectivity index (χ3n) is 2.47. The first-order valence-corrected chi connectivity index (χ1v) is 6.18. The highest BCUT2D eigenvalue weighted by Gasteiger charge is 2.37. The van der Waals surface area contributed by atoms with Crippen LogP contribution < -0.4 is 10.5 Å². The van der Waals surface area contributed by atoms with Crippen molar-refractivity contribution in [1.29, 1.82) is 0 Å². The minimum absolute atomic E-state index is 0.0327. The monoisotopic (exact) mass is 288 g/mol. The van der Waals surface area contributed by atoms with E-state index in [1.54, 1.807) is 24.3 Å². The van der Waals surface area contributed by atoms with Crippen molar-refractivity contribution in [2.75, 3.05) is 7.11 Å². The van der Waals surface area contributed by atoms with Gasteiger partial charge in [0.05, 0.1) is 12.0 Å². The summed E-state index contributed by atoms with van der Waals surface area (Å²) < 4.78 is 43.4. The highest BCUT2D eigenvalue weighted by Crippen LogP contribution is 2.37. The molecule has 19 heavy (non-hydrogen) atoms. The van der Waals surface area contributed by atoms with Gasteiger partial charge in [-0.3, -0.25) is 0 Å². The molecule has 0 bridgehead atoms. The van der Waals surface area contributed by atoms with Gasteiger partial charge in [0.25, 0.3) is 0 Å². The number of aromatic nitrogens is 1. The van der Waals surface area contributed by atoms with Crippen LogP contribution >= 0.6 is 11.3 Å². The predicted molar refractivity (Wildman–Crippen MR) is 67.0 cm³/mol. The van der Waals surface area contributed by atoms with E-state index in [1.165, 1.54) is 7.11 Å². The van der Waals surface area contributed by atoms with Crippen molar-refractivity contribution in [3.8, 4) is 16.3 Å². The van der Waals surface area contributed by atoms with Crippen molar-refractivity contribution in [2.45, 2.75) is 12.7 Å². The van der Waals surface area contributed by atoms with Crippen molar-refractivity contribution >= 4 is 11.3 Å². The molecule has 0 amide bonds. The number of ether oxygens (including phenoxy) is 1. The van der Waals surface area contributed by atoms with Crippen LogP contribution in [0.5, 0.6) is 5.75 Å². The zero-order valence-electron chi connectivity index (χ0n) is 9.99. The number of thiazole rings is 1. The van der Waals surface area contributed by atoms with Crippen LogP contribution in [-0.2, 0) is 12.7 Å². The van der Waals surface area contributed by atoms with Gasteiger partial charge in [-0.05, 0) is 12.1 Å². The third-order valence-corrected chi connectivity index (χ3v) is 3.59. The van der Waals surface area contributed by atoms with E-state index in [4.69, 9.17) is 10.5 Å². The lowest BCUT2D eigenvalue weighted by Gasteiger charge is -2.03. The number of hydrogen-bond acceptors (Lipinski definition) is 4. The van der Waals surface area contributed by atoms with Crippen LogP contribution in [0.4, 0.5) is 13.2 Å². The van der Waals surface area contributed by atoms with Crippen molar-refractivity contribution < 1.29 is 17.9 Å². The Morgan fingerprint density at radius 3 is 2.63 bits per heavy atom. The fourth-order valence-electron chi connectivity index (χ4n) is 1.59. The molecule has 0 saturated heterocycles. The van der Waals surface area contributed by atoms with Gasteiger partial charge in [0.15, 0.2) is 5.69 Å². The van der Waals surface area contributed by atoms with Crippen LogP contribution in [0.15, 0.2) is 24.3 Å². The van der Waals surface area contributed by atoms with Gasteiger partial charge in [-0.1, -0.05) is 12.1 Å². The maximum Gasteiger partial charge on any atom is 0.434 e. The van der Waals surface area contributed by atoms with E-state index in [-0.39, 0.29) is 16.4 Å². The first-order chi connectivity index (χ1) is 8.95. The molecule has 0 aliphatic rings. The topological polar surface area (TPSA) is 48.1 Å². The smallest absolute Gasteiger partial charge is 0.434 e. The normalized spacial score (nSPS) is 11.6. The zero-order chi connectivity index (χ0) is 14.0. The lowest BCUT2D eigenvalue weighted by Crippen LogP contribution is -2.10. The SMILES string of the molecule is COc1cccc(-c2nc(C(F)(F)F)c(CN)s2)c1. The van der Waals surface area contributed by atoms with E-state index in [9.17, 15) is 13.2 Å². The van der Waals surface area contributed by atoms with Gasteiger partial charge in [0, 0.05) is 12.1 Å². The molecule has 7 heteroatoms. The van der Waals surface area contributed by atoms with Gasteiger partial charge in [-0.2, -0.15) is 13.2 Å². The summed E-state index contributed by atoms with van der Waals surface area (Å²) in [5.41, 5.74) is 5.01. The number of methoxy groups -OCH3 is 1. The van der Waals surface area contributed by atoms with Crippen LogP contribution in [0.25, 0.3) is 10.6 Å². The van der Waals surface area contributed by atoms with E-state index in [1.807, 2.05) is 0 Å². The molecular formula is C12H11F3N2OS. The summed E-state index contributed by atoms with van der Waals surface area (Å²) in [6.45, 7) is -0.184. The molecule has 2 N–H and O–H groups in total. The Balaban J connectivity index is 2.48. The Bertz CT molecular complexity index is 581. The molecule has 0 fully saturated rings. The Labute approximate surface area is 111 Å². The highest BCUT2D eigenvalue weighted by molar-refractivity contribution is 7.15. The maximum absolute atomic E-state index is 12.8. The molecule has 1 heterocycles. The first-order valence-electron chi connectivity index (χ1n) is 5.37. The second-order valence-electron chi connectivity index (χ2n) is 3.72. The molecule has 0 aliphatic heterocycles. The molecule has 102 valence electrons. The van der Waals surface area contributed by atoms with Crippen LogP contribution in [-0.4, -0.2) is 12.1 Å². The number of alkyl halides is 3. The number of nitrogens with two attached hydrogens (primary N) is 1. The fourth-order valence-corrected chi connectivity index (χ4v) is 2.55. The number of halogens is 3. The quantitative estimate of drug-likeness (QED) is 0.942. The van der Waals surface area contributed by atoms with E-state index in [2.05, 4.69) is 4.98 Å². The van der Waals surface area contributed by atoms with Gasteiger partial charge in [-0.15, -0.1) is 11.3 Å². The van der Waals surface area contributed by atoms with Gasteiger partial charge in [0.2, 0.25) is 0 Å². The third kappa shape index (κ3) is 2.87. The van der Waals surface area contributed by atoms with Crippen LogP contribution in [0.3, 0.4) is 0 Å². The summed E-state index contributed by atoms with van der Waals surface area (Å²) in [5, 5.41) is 0.284. The molecule has 0 radical (unpaired) electrons. The minimum Gasteiger partial charge on any atom is -0.497 e. The zero-order valence-corrected chi connectivity index (χ0v) is 10.8. The fraction of sp³-hybridized carbons (Fsp3) is 0.250. The van der Waals surface area contributed by atoms with E-state index in [0.717, 1.165) is 11.3 Å². The molecule has 0 spiro atoms. The number of benzene rings is 1. The van der Waals surface area contributed by atoms with Crippen LogP contribution in [0.1, 0.15) is 10.6 Å². The van der Waals surface area contributed by atoms with Gasteiger partial charge >= 0.3 is 6.18 Å². The molecule has 1 aromatic heterocycles. The number of rotatable bonds is 3. The molecule has 0 aliphatic carbocycles. The summed E-state index contributed by atoms with van der Waals surface area (Å²) in [4.78, 5) is 3.69. The lowest BCUT2D eigenvalue weighted by molar-refractivity contribution is -0.141. The number of hydrogen-bond donors (Lipinski definition) is 1. The van der Waals surface area contributed by atoms with Crippen molar-refractivity contribution in [2.24, 2.45) is 5.73 Å². The van der Waals surface area contributed by atoms with Gasteiger partial charge in [0.1, 0.15) is 10.8 Å². The lowest BCUT2D eigenvalue weighted by atomic mass is 10.2. The Kier molecular flexibility index (Phi) is 3.77. The standard InChI is InChI=1S/C12H11F3N2OS/c1-18-8-4-2-3-7(5-8)11-17-10(12(13,14)15)9(6-16)19-11/h2-5H,6,16H2,1H3. The van der Waals surface area contributed by atoms with E-state index >= 15 is 0 Å². The molecule has 0 atom stereocenters.